The molecule has 9 nitrogen and oxygen atoms in total. The number of imidazole rings is 1. The Bertz CT molecular complexity index is 1360. The highest BCUT2D eigenvalue weighted by atomic mass is 16.3. The number of piperidine rings is 1. The van der Waals surface area contributed by atoms with Gasteiger partial charge in [-0.25, -0.2) is 15.0 Å². The summed E-state index contributed by atoms with van der Waals surface area (Å²) >= 11 is 0. The topological polar surface area (TPSA) is 105 Å². The molecule has 182 valence electrons. The third-order valence-corrected chi connectivity index (χ3v) is 6.74. The summed E-state index contributed by atoms with van der Waals surface area (Å²) in [6.45, 7) is 8.92. The zero-order valence-electron chi connectivity index (χ0n) is 21.1. The number of phenols is 1. The first-order valence-corrected chi connectivity index (χ1v) is 11.9. The van der Waals surface area contributed by atoms with Crippen LogP contribution < -0.4 is 10.2 Å². The maximum Gasteiger partial charge on any atom is 0.245 e. The van der Waals surface area contributed by atoms with E-state index in [4.69, 9.17) is 0 Å². The summed E-state index contributed by atoms with van der Waals surface area (Å²) in [6, 6.07) is 9.62. The number of nitrogens with zero attached hydrogens (tertiary/aromatic N) is 7. The Balaban J connectivity index is 1.37. The van der Waals surface area contributed by atoms with E-state index < -0.39 is 0 Å². The minimum Gasteiger partial charge on any atom is -0.507 e. The second-order valence-corrected chi connectivity index (χ2v) is 10.8. The molecule has 0 unspecified atom stereocenters. The molecular weight excluding hydrogens is 440 g/mol. The van der Waals surface area contributed by atoms with E-state index in [0.717, 1.165) is 29.6 Å². The lowest BCUT2D eigenvalue weighted by Crippen LogP contribution is -2.62. The molecule has 0 saturated carbocycles. The first-order chi connectivity index (χ1) is 16.5. The summed E-state index contributed by atoms with van der Waals surface area (Å²) in [5.41, 5.74) is 4.31. The van der Waals surface area contributed by atoms with Gasteiger partial charge in [0, 0.05) is 42.3 Å². The van der Waals surface area contributed by atoms with E-state index in [1.807, 2.05) is 42.9 Å². The Labute approximate surface area is 205 Å². The highest BCUT2D eigenvalue weighted by Gasteiger charge is 2.39. The minimum absolute atomic E-state index is 0.0253. The predicted octanol–water partition coefficient (Wildman–Crippen LogP) is 3.94. The van der Waals surface area contributed by atoms with Gasteiger partial charge in [-0.2, -0.15) is 0 Å². The zero-order valence-corrected chi connectivity index (χ0v) is 21.1. The summed E-state index contributed by atoms with van der Waals surface area (Å²) < 4.78 is 1.92. The van der Waals surface area contributed by atoms with Crippen LogP contribution in [0.1, 0.15) is 40.5 Å². The van der Waals surface area contributed by atoms with Gasteiger partial charge in [0.1, 0.15) is 11.4 Å². The Morgan fingerprint density at radius 2 is 1.74 bits per heavy atom. The van der Waals surface area contributed by atoms with Crippen LogP contribution in [-0.2, 0) is 7.05 Å². The average Bonchev–Trinajstić information content (AvgIpc) is 3.17. The molecule has 0 amide bonds. The Morgan fingerprint density at radius 1 is 1.00 bits per heavy atom. The number of rotatable bonds is 4. The van der Waals surface area contributed by atoms with Gasteiger partial charge in [0.2, 0.25) is 5.95 Å². The molecule has 0 spiro atoms. The van der Waals surface area contributed by atoms with E-state index in [1.165, 1.54) is 0 Å². The number of fused-ring (bicyclic) bond motifs is 1. The van der Waals surface area contributed by atoms with Crippen LogP contribution in [0.4, 0.5) is 5.95 Å². The fourth-order valence-corrected chi connectivity index (χ4v) is 5.34. The van der Waals surface area contributed by atoms with Crippen LogP contribution in [0.25, 0.3) is 33.7 Å². The van der Waals surface area contributed by atoms with Crippen LogP contribution in [0.2, 0.25) is 0 Å². The second kappa shape index (κ2) is 8.27. The van der Waals surface area contributed by atoms with E-state index in [9.17, 15) is 5.11 Å². The van der Waals surface area contributed by atoms with Gasteiger partial charge in [0.25, 0.3) is 0 Å². The fourth-order valence-electron chi connectivity index (χ4n) is 5.34. The van der Waals surface area contributed by atoms with E-state index in [1.54, 1.807) is 18.6 Å². The van der Waals surface area contributed by atoms with E-state index in [-0.39, 0.29) is 16.8 Å². The molecule has 0 bridgehead atoms. The largest absolute Gasteiger partial charge is 0.507 e. The summed E-state index contributed by atoms with van der Waals surface area (Å²) in [5.74, 6) is 0.681. The van der Waals surface area contributed by atoms with Crippen LogP contribution in [0.3, 0.4) is 0 Å². The van der Waals surface area contributed by atoms with Gasteiger partial charge >= 0.3 is 0 Å². The van der Waals surface area contributed by atoms with Crippen molar-refractivity contribution in [1.82, 2.24) is 35.0 Å². The molecule has 1 aliphatic rings. The molecule has 0 aliphatic carbocycles. The third kappa shape index (κ3) is 4.55. The molecule has 9 heteroatoms. The average molecular weight is 473 g/mol. The number of phenolic OH excluding ortho intramolecular Hbond substituents is 1. The van der Waals surface area contributed by atoms with E-state index >= 15 is 0 Å². The van der Waals surface area contributed by atoms with Crippen molar-refractivity contribution in [1.29, 1.82) is 0 Å². The predicted molar refractivity (Wildman–Crippen MR) is 137 cm³/mol. The first-order valence-electron chi connectivity index (χ1n) is 11.9. The number of hydrogen-bond donors (Lipinski definition) is 2. The van der Waals surface area contributed by atoms with Crippen molar-refractivity contribution in [3.63, 3.8) is 0 Å². The molecule has 0 atom stereocenters. The van der Waals surface area contributed by atoms with Crippen molar-refractivity contribution in [3.8, 4) is 28.3 Å². The normalized spacial score (nSPS) is 17.5. The van der Waals surface area contributed by atoms with Gasteiger partial charge in [-0.15, -0.1) is 10.2 Å². The molecule has 1 aromatic carbocycles. The molecule has 35 heavy (non-hydrogen) atoms. The van der Waals surface area contributed by atoms with Gasteiger partial charge < -0.3 is 19.9 Å². The molecule has 5 rings (SSSR count). The SMILES string of the molecule is CN(c1ncc(-c2ccc(-c3ccc4c(ncn4C)n3)cc2O)nn1)C1CC(C)(C)NC(C)(C)C1. The molecule has 0 radical (unpaired) electrons. The summed E-state index contributed by atoms with van der Waals surface area (Å²) in [5, 5.41) is 23.3. The Kier molecular flexibility index (Phi) is 5.47. The molecule has 2 N–H and O–H groups in total. The highest BCUT2D eigenvalue weighted by Crippen LogP contribution is 2.34. The lowest BCUT2D eigenvalue weighted by molar-refractivity contribution is 0.160. The number of aromatic hydroxyl groups is 1. The van der Waals surface area contributed by atoms with Crippen molar-refractivity contribution in [2.45, 2.75) is 57.7 Å². The van der Waals surface area contributed by atoms with Crippen molar-refractivity contribution < 1.29 is 5.11 Å². The lowest BCUT2D eigenvalue weighted by Gasteiger charge is -2.48. The van der Waals surface area contributed by atoms with Crippen LogP contribution in [0.5, 0.6) is 5.75 Å². The summed E-state index contributed by atoms with van der Waals surface area (Å²) in [4.78, 5) is 15.6. The quantitative estimate of drug-likeness (QED) is 0.460. The van der Waals surface area contributed by atoms with E-state index in [2.05, 4.69) is 63.1 Å². The van der Waals surface area contributed by atoms with Crippen LogP contribution in [0, 0.1) is 0 Å². The van der Waals surface area contributed by atoms with Crippen LogP contribution in [-0.4, -0.2) is 59.0 Å². The van der Waals surface area contributed by atoms with Crippen molar-refractivity contribution in [2.24, 2.45) is 7.05 Å². The van der Waals surface area contributed by atoms with Crippen LogP contribution >= 0.6 is 0 Å². The number of pyridine rings is 1. The second-order valence-electron chi connectivity index (χ2n) is 10.8. The van der Waals surface area contributed by atoms with Crippen molar-refractivity contribution in [3.05, 3.63) is 42.9 Å². The Hall–Kier alpha value is -3.59. The number of aryl methyl sites for hydroxylation is 1. The van der Waals surface area contributed by atoms with Gasteiger partial charge in [0.05, 0.1) is 23.7 Å². The molecule has 1 fully saturated rings. The smallest absolute Gasteiger partial charge is 0.245 e. The summed E-state index contributed by atoms with van der Waals surface area (Å²) in [6.07, 6.45) is 5.38. The fraction of sp³-hybridized carbons (Fsp3) is 0.423. The number of benzene rings is 1. The van der Waals surface area contributed by atoms with Crippen LogP contribution in [0.15, 0.2) is 42.9 Å². The molecule has 4 aromatic rings. The van der Waals surface area contributed by atoms with Crippen molar-refractivity contribution >= 4 is 17.1 Å². The van der Waals surface area contributed by atoms with E-state index in [0.29, 0.717) is 28.9 Å². The number of nitrogens with one attached hydrogen (secondary N) is 1. The van der Waals surface area contributed by atoms with Crippen molar-refractivity contribution in [2.75, 3.05) is 11.9 Å². The molecule has 1 saturated heterocycles. The number of aromatic nitrogens is 6. The number of anilines is 1. The highest BCUT2D eigenvalue weighted by molar-refractivity contribution is 5.78. The number of hydrogen-bond acceptors (Lipinski definition) is 8. The maximum atomic E-state index is 10.8. The van der Waals surface area contributed by atoms with Gasteiger partial charge in [-0.3, -0.25) is 0 Å². The minimum atomic E-state index is 0.0253. The van der Waals surface area contributed by atoms with Gasteiger partial charge in [0.15, 0.2) is 5.65 Å². The lowest BCUT2D eigenvalue weighted by atomic mass is 9.79. The maximum absolute atomic E-state index is 10.8. The molecule has 3 aromatic heterocycles. The standard InChI is InChI=1S/C26H32N8O/c1-25(2)12-17(13-26(3,4)32-25)34(6)24-27-14-20(30-31-24)18-8-7-16(11-22(18)35)19-9-10-21-23(29-19)28-15-33(21)5/h7-11,14-15,17,32,35H,12-13H2,1-6H3. The van der Waals surface area contributed by atoms with Gasteiger partial charge in [-0.1, -0.05) is 6.07 Å². The Morgan fingerprint density at radius 3 is 2.40 bits per heavy atom. The monoisotopic (exact) mass is 472 g/mol. The molecule has 4 heterocycles. The van der Waals surface area contributed by atoms with Gasteiger partial charge in [-0.05, 0) is 64.8 Å². The molecular formula is C26H32N8O. The zero-order chi connectivity index (χ0) is 25.0. The first kappa shape index (κ1) is 23.2. The third-order valence-electron chi connectivity index (χ3n) is 6.74. The summed E-state index contributed by atoms with van der Waals surface area (Å²) in [7, 11) is 3.96. The molecule has 1 aliphatic heterocycles.